The highest BCUT2D eigenvalue weighted by Crippen LogP contribution is 2.30. The summed E-state index contributed by atoms with van der Waals surface area (Å²) in [6, 6.07) is 15.3. The Morgan fingerprint density at radius 2 is 2.04 bits per heavy atom. The summed E-state index contributed by atoms with van der Waals surface area (Å²) in [6.45, 7) is 2.43. The van der Waals surface area contributed by atoms with Gasteiger partial charge in [0.15, 0.2) is 0 Å². The summed E-state index contributed by atoms with van der Waals surface area (Å²) in [5.74, 6) is -0.0811. The van der Waals surface area contributed by atoms with Crippen LogP contribution in [0.25, 0.3) is 0 Å². The van der Waals surface area contributed by atoms with Crippen molar-refractivity contribution in [1.82, 2.24) is 5.32 Å². The van der Waals surface area contributed by atoms with E-state index in [0.717, 1.165) is 20.2 Å². The fraction of sp³-hybridized carbons (Fsp3) is 0.167. The van der Waals surface area contributed by atoms with Crippen molar-refractivity contribution in [2.75, 3.05) is 0 Å². The van der Waals surface area contributed by atoms with Crippen molar-refractivity contribution < 1.29 is 9.90 Å². The lowest BCUT2D eigenvalue weighted by Crippen LogP contribution is -2.22. The zero-order valence-corrected chi connectivity index (χ0v) is 14.3. The normalized spacial score (nSPS) is 12.1. The summed E-state index contributed by atoms with van der Waals surface area (Å²) in [5.41, 5.74) is 1.73. The molecule has 0 radical (unpaired) electrons. The van der Waals surface area contributed by atoms with E-state index in [1.807, 2.05) is 60.8 Å². The number of carbonyl (C=O) groups is 1. The molecule has 0 fully saturated rings. The van der Waals surface area contributed by atoms with E-state index < -0.39 is 6.10 Å². The number of hydrogen-bond acceptors (Lipinski definition) is 4. The number of thiophene rings is 2. The second-order valence-corrected chi connectivity index (χ2v) is 7.45. The van der Waals surface area contributed by atoms with Gasteiger partial charge in [0, 0.05) is 20.2 Å². The number of benzene rings is 1. The third-order valence-corrected chi connectivity index (χ3v) is 5.53. The Labute approximate surface area is 143 Å². The lowest BCUT2D eigenvalue weighted by molar-refractivity contribution is 0.0951. The predicted molar refractivity (Wildman–Crippen MR) is 95.0 cm³/mol. The second kappa shape index (κ2) is 7.08. The van der Waals surface area contributed by atoms with E-state index >= 15 is 0 Å². The standard InChI is InChI=1S/C18H17NO2S2/c1-12-4-2-5-13(10-12)18(21)19-11-14-7-8-16(23-14)17(20)15-6-3-9-22-15/h2-10,17,20H,11H2,1H3,(H,19,21). The van der Waals surface area contributed by atoms with Crippen LogP contribution in [0, 0.1) is 6.92 Å². The van der Waals surface area contributed by atoms with Crippen LogP contribution < -0.4 is 5.32 Å². The molecule has 0 aliphatic rings. The number of hydrogen-bond donors (Lipinski definition) is 2. The van der Waals surface area contributed by atoms with Gasteiger partial charge in [0.25, 0.3) is 5.91 Å². The SMILES string of the molecule is Cc1cccc(C(=O)NCc2ccc(C(O)c3cccs3)s2)c1. The van der Waals surface area contributed by atoms with Crippen molar-refractivity contribution in [3.63, 3.8) is 0 Å². The minimum Gasteiger partial charge on any atom is -0.382 e. The first-order valence-electron chi connectivity index (χ1n) is 7.28. The maximum Gasteiger partial charge on any atom is 0.251 e. The molecule has 1 aromatic carbocycles. The van der Waals surface area contributed by atoms with E-state index in [-0.39, 0.29) is 5.91 Å². The molecule has 3 rings (SSSR count). The Kier molecular flexibility index (Phi) is 4.91. The van der Waals surface area contributed by atoms with Gasteiger partial charge < -0.3 is 10.4 Å². The molecule has 3 nitrogen and oxygen atoms in total. The van der Waals surface area contributed by atoms with Crippen molar-refractivity contribution in [2.24, 2.45) is 0 Å². The molecule has 1 unspecified atom stereocenters. The first-order valence-corrected chi connectivity index (χ1v) is 8.98. The fourth-order valence-electron chi connectivity index (χ4n) is 2.28. The lowest BCUT2D eigenvalue weighted by atomic mass is 10.1. The molecular weight excluding hydrogens is 326 g/mol. The summed E-state index contributed by atoms with van der Waals surface area (Å²) >= 11 is 3.06. The van der Waals surface area contributed by atoms with Crippen LogP contribution in [-0.4, -0.2) is 11.0 Å². The van der Waals surface area contributed by atoms with Gasteiger partial charge in [-0.15, -0.1) is 22.7 Å². The molecule has 1 amide bonds. The zero-order chi connectivity index (χ0) is 16.2. The van der Waals surface area contributed by atoms with Gasteiger partial charge in [-0.05, 0) is 42.6 Å². The Morgan fingerprint density at radius 1 is 1.17 bits per heavy atom. The van der Waals surface area contributed by atoms with Gasteiger partial charge in [-0.2, -0.15) is 0 Å². The molecular formula is C18H17NO2S2. The molecule has 3 aromatic rings. The molecule has 1 atom stereocenters. The van der Waals surface area contributed by atoms with Gasteiger partial charge in [-0.25, -0.2) is 0 Å². The van der Waals surface area contributed by atoms with Gasteiger partial charge in [-0.3, -0.25) is 4.79 Å². The number of aliphatic hydroxyl groups is 1. The lowest BCUT2D eigenvalue weighted by Gasteiger charge is -2.06. The van der Waals surface area contributed by atoms with Crippen LogP contribution in [0.5, 0.6) is 0 Å². The molecule has 0 saturated heterocycles. The molecule has 0 aliphatic carbocycles. The summed E-state index contributed by atoms with van der Waals surface area (Å²) in [4.78, 5) is 15.0. The van der Waals surface area contributed by atoms with Gasteiger partial charge in [-0.1, -0.05) is 23.8 Å². The third-order valence-electron chi connectivity index (χ3n) is 3.47. The van der Waals surface area contributed by atoms with Crippen molar-refractivity contribution in [2.45, 2.75) is 19.6 Å². The monoisotopic (exact) mass is 343 g/mol. The number of aliphatic hydroxyl groups excluding tert-OH is 1. The van der Waals surface area contributed by atoms with Crippen LogP contribution >= 0.6 is 22.7 Å². The Bertz CT molecular complexity index is 793. The van der Waals surface area contributed by atoms with Crippen molar-refractivity contribution in [3.8, 4) is 0 Å². The number of carbonyl (C=O) groups excluding carboxylic acids is 1. The Morgan fingerprint density at radius 3 is 2.78 bits per heavy atom. The number of rotatable bonds is 5. The summed E-state index contributed by atoms with van der Waals surface area (Å²) in [7, 11) is 0. The Balaban J connectivity index is 1.62. The van der Waals surface area contributed by atoms with Crippen molar-refractivity contribution >= 4 is 28.6 Å². The highest BCUT2D eigenvalue weighted by atomic mass is 32.1. The van der Waals surface area contributed by atoms with Gasteiger partial charge >= 0.3 is 0 Å². The maximum atomic E-state index is 12.1. The molecule has 5 heteroatoms. The minimum absolute atomic E-state index is 0.0811. The van der Waals surface area contributed by atoms with E-state index in [2.05, 4.69) is 5.32 Å². The number of nitrogens with one attached hydrogen (secondary N) is 1. The minimum atomic E-state index is -0.582. The van der Waals surface area contributed by atoms with Crippen LogP contribution in [-0.2, 0) is 6.54 Å². The van der Waals surface area contributed by atoms with E-state index in [1.54, 1.807) is 0 Å². The van der Waals surface area contributed by atoms with E-state index in [1.165, 1.54) is 22.7 Å². The first-order chi connectivity index (χ1) is 11.1. The molecule has 2 N–H and O–H groups in total. The molecule has 0 spiro atoms. The van der Waals surface area contributed by atoms with E-state index in [9.17, 15) is 9.90 Å². The Hall–Kier alpha value is -1.95. The van der Waals surface area contributed by atoms with E-state index in [0.29, 0.717) is 12.1 Å². The van der Waals surface area contributed by atoms with Crippen LogP contribution in [0.3, 0.4) is 0 Å². The van der Waals surface area contributed by atoms with Gasteiger partial charge in [0.2, 0.25) is 0 Å². The molecule has 0 aliphatic heterocycles. The van der Waals surface area contributed by atoms with Crippen LogP contribution in [0.15, 0.2) is 53.9 Å². The molecule has 0 bridgehead atoms. The van der Waals surface area contributed by atoms with Gasteiger partial charge in [0.05, 0.1) is 6.54 Å². The molecule has 0 saturated carbocycles. The molecule has 118 valence electrons. The summed E-state index contributed by atoms with van der Waals surface area (Å²) in [5, 5.41) is 15.2. The van der Waals surface area contributed by atoms with Crippen LogP contribution in [0.4, 0.5) is 0 Å². The number of amides is 1. The first kappa shape index (κ1) is 15.9. The highest BCUT2D eigenvalue weighted by Gasteiger charge is 2.14. The molecule has 2 aromatic heterocycles. The quantitative estimate of drug-likeness (QED) is 0.732. The largest absolute Gasteiger partial charge is 0.382 e. The zero-order valence-electron chi connectivity index (χ0n) is 12.7. The summed E-state index contributed by atoms with van der Waals surface area (Å²) < 4.78 is 0. The topological polar surface area (TPSA) is 49.3 Å². The van der Waals surface area contributed by atoms with Crippen LogP contribution in [0.2, 0.25) is 0 Å². The summed E-state index contributed by atoms with van der Waals surface area (Å²) in [6.07, 6.45) is -0.582. The van der Waals surface area contributed by atoms with Crippen molar-refractivity contribution in [1.29, 1.82) is 0 Å². The maximum absolute atomic E-state index is 12.1. The molecule has 23 heavy (non-hydrogen) atoms. The van der Waals surface area contributed by atoms with E-state index in [4.69, 9.17) is 0 Å². The fourth-order valence-corrected chi connectivity index (χ4v) is 4.04. The predicted octanol–water partition coefficient (Wildman–Crippen LogP) is 4.13. The molecule has 2 heterocycles. The second-order valence-electron chi connectivity index (χ2n) is 5.27. The van der Waals surface area contributed by atoms with Crippen LogP contribution in [0.1, 0.15) is 36.7 Å². The smallest absolute Gasteiger partial charge is 0.251 e. The average molecular weight is 343 g/mol. The van der Waals surface area contributed by atoms with Crippen molar-refractivity contribution in [3.05, 3.63) is 79.7 Å². The van der Waals surface area contributed by atoms with Gasteiger partial charge in [0.1, 0.15) is 6.10 Å². The number of aryl methyl sites for hydroxylation is 1. The third kappa shape index (κ3) is 3.88. The average Bonchev–Trinajstić information content (AvgIpc) is 3.23. The highest BCUT2D eigenvalue weighted by molar-refractivity contribution is 7.12.